The van der Waals surface area contributed by atoms with Gasteiger partial charge >= 0.3 is 0 Å². The van der Waals surface area contributed by atoms with Crippen LogP contribution < -0.4 is 5.32 Å². The zero-order valence-electron chi connectivity index (χ0n) is 12.5. The van der Waals surface area contributed by atoms with E-state index in [4.69, 9.17) is 0 Å². The van der Waals surface area contributed by atoms with Crippen molar-refractivity contribution in [2.45, 2.75) is 57.5 Å². The highest BCUT2D eigenvalue weighted by Gasteiger charge is 2.67. The molecular formula is C17H27NO2. The Morgan fingerprint density at radius 1 is 1.15 bits per heavy atom. The molecule has 0 aromatic heterocycles. The highest BCUT2D eigenvalue weighted by atomic mass is 16.3. The van der Waals surface area contributed by atoms with E-state index in [0.717, 1.165) is 43.4 Å². The Morgan fingerprint density at radius 3 is 2.35 bits per heavy atom. The molecule has 0 spiro atoms. The van der Waals surface area contributed by atoms with Crippen LogP contribution in [0.25, 0.3) is 0 Å². The second-order valence-electron chi connectivity index (χ2n) is 8.14. The van der Waals surface area contributed by atoms with Gasteiger partial charge in [-0.2, -0.15) is 0 Å². The van der Waals surface area contributed by atoms with Crippen LogP contribution in [0, 0.1) is 35.5 Å². The number of carbonyl (C=O) groups excluding carboxylic acids is 1. The number of carbonyl (C=O) groups is 1. The fourth-order valence-corrected chi connectivity index (χ4v) is 5.52. The van der Waals surface area contributed by atoms with Crippen molar-refractivity contribution >= 4 is 5.91 Å². The monoisotopic (exact) mass is 277 g/mol. The molecule has 0 aromatic carbocycles. The number of hydrogen-bond donors (Lipinski definition) is 2. The van der Waals surface area contributed by atoms with Crippen molar-refractivity contribution in [3.63, 3.8) is 0 Å². The van der Waals surface area contributed by atoms with E-state index in [-0.39, 0.29) is 5.91 Å². The molecule has 4 aliphatic carbocycles. The van der Waals surface area contributed by atoms with Gasteiger partial charge in [-0.3, -0.25) is 4.79 Å². The number of amides is 1. The molecular weight excluding hydrogens is 250 g/mol. The molecule has 3 nitrogen and oxygen atoms in total. The van der Waals surface area contributed by atoms with Gasteiger partial charge in [-0.1, -0.05) is 6.92 Å². The molecule has 1 amide bonds. The maximum atomic E-state index is 12.4. The van der Waals surface area contributed by atoms with Crippen LogP contribution >= 0.6 is 0 Å². The van der Waals surface area contributed by atoms with Crippen molar-refractivity contribution in [2.75, 3.05) is 6.54 Å². The molecule has 0 aromatic rings. The van der Waals surface area contributed by atoms with Gasteiger partial charge in [0.05, 0.1) is 5.60 Å². The fourth-order valence-electron chi connectivity index (χ4n) is 5.52. The van der Waals surface area contributed by atoms with Crippen molar-refractivity contribution < 1.29 is 9.90 Å². The Hall–Kier alpha value is -0.570. The quantitative estimate of drug-likeness (QED) is 0.832. The summed E-state index contributed by atoms with van der Waals surface area (Å²) in [5.41, 5.74) is -0.634. The van der Waals surface area contributed by atoms with Gasteiger partial charge in [-0.15, -0.1) is 0 Å². The van der Waals surface area contributed by atoms with Crippen molar-refractivity contribution in [1.82, 2.24) is 5.32 Å². The van der Waals surface area contributed by atoms with Crippen molar-refractivity contribution in [1.29, 1.82) is 0 Å². The van der Waals surface area contributed by atoms with E-state index >= 15 is 0 Å². The average Bonchev–Trinajstić information content (AvgIpc) is 2.88. The first-order chi connectivity index (χ1) is 9.57. The molecule has 0 aliphatic heterocycles. The lowest BCUT2D eigenvalue weighted by Crippen LogP contribution is -2.45. The maximum Gasteiger partial charge on any atom is 0.223 e. The first kappa shape index (κ1) is 13.1. The smallest absolute Gasteiger partial charge is 0.223 e. The van der Waals surface area contributed by atoms with Crippen LogP contribution in [0.1, 0.15) is 51.9 Å². The topological polar surface area (TPSA) is 49.3 Å². The summed E-state index contributed by atoms with van der Waals surface area (Å²) in [7, 11) is 0. The molecule has 112 valence electrons. The second-order valence-corrected chi connectivity index (χ2v) is 8.14. The van der Waals surface area contributed by atoms with Crippen LogP contribution in [-0.2, 0) is 4.79 Å². The minimum atomic E-state index is -0.634. The van der Waals surface area contributed by atoms with E-state index in [1.54, 1.807) is 0 Å². The first-order valence-corrected chi connectivity index (χ1v) is 8.57. The molecule has 2 bridgehead atoms. The second kappa shape index (κ2) is 4.46. The van der Waals surface area contributed by atoms with Gasteiger partial charge in [0.1, 0.15) is 0 Å². The Morgan fingerprint density at radius 2 is 1.75 bits per heavy atom. The summed E-state index contributed by atoms with van der Waals surface area (Å²) >= 11 is 0. The van der Waals surface area contributed by atoms with E-state index in [0.29, 0.717) is 24.3 Å². The third-order valence-electron chi connectivity index (χ3n) is 6.83. The highest BCUT2D eigenvalue weighted by Crippen LogP contribution is 2.69. The summed E-state index contributed by atoms with van der Waals surface area (Å²) in [5, 5.41) is 13.6. The van der Waals surface area contributed by atoms with Crippen LogP contribution in [0.5, 0.6) is 0 Å². The SMILES string of the molecule is CC1CCC(O)(CNC(=O)C2C3C4CCC(C4)C23)CC1. The molecule has 0 heterocycles. The van der Waals surface area contributed by atoms with Gasteiger partial charge in [0.15, 0.2) is 0 Å². The molecule has 2 N–H and O–H groups in total. The molecule has 4 aliphatic rings. The standard InChI is InChI=1S/C17H27NO2/c1-10-4-6-17(20,7-5-10)9-18-16(19)15-13-11-2-3-12(8-11)14(13)15/h10-15,20H,2-9H2,1H3,(H,18,19). The van der Waals surface area contributed by atoms with Crippen LogP contribution in [0.15, 0.2) is 0 Å². The highest BCUT2D eigenvalue weighted by molar-refractivity contribution is 5.82. The number of aliphatic hydroxyl groups is 1. The van der Waals surface area contributed by atoms with Gasteiger partial charge in [0.2, 0.25) is 5.91 Å². The summed E-state index contributed by atoms with van der Waals surface area (Å²) < 4.78 is 0. The normalized spacial score (nSPS) is 52.7. The van der Waals surface area contributed by atoms with Gasteiger partial charge < -0.3 is 10.4 Å². The Balaban J connectivity index is 1.29. The lowest BCUT2D eigenvalue weighted by Gasteiger charge is -2.35. The maximum absolute atomic E-state index is 12.4. The van der Waals surface area contributed by atoms with Crippen LogP contribution in [0.4, 0.5) is 0 Å². The van der Waals surface area contributed by atoms with E-state index in [1.807, 2.05) is 0 Å². The Labute approximate surface area is 121 Å². The van der Waals surface area contributed by atoms with Gasteiger partial charge in [-0.25, -0.2) is 0 Å². The first-order valence-electron chi connectivity index (χ1n) is 8.57. The van der Waals surface area contributed by atoms with E-state index in [9.17, 15) is 9.90 Å². The molecule has 0 saturated heterocycles. The summed E-state index contributed by atoms with van der Waals surface area (Å²) in [6, 6.07) is 0. The predicted molar refractivity (Wildman–Crippen MR) is 76.9 cm³/mol. The van der Waals surface area contributed by atoms with Gasteiger partial charge in [0.25, 0.3) is 0 Å². The van der Waals surface area contributed by atoms with E-state index in [2.05, 4.69) is 12.2 Å². The number of rotatable bonds is 3. The third kappa shape index (κ3) is 2.01. The van der Waals surface area contributed by atoms with E-state index in [1.165, 1.54) is 19.3 Å². The number of hydrogen-bond acceptors (Lipinski definition) is 2. The summed E-state index contributed by atoms with van der Waals surface area (Å²) in [5.74, 6) is 4.36. The summed E-state index contributed by atoms with van der Waals surface area (Å²) in [6.45, 7) is 2.73. The average molecular weight is 277 g/mol. The van der Waals surface area contributed by atoms with Crippen LogP contribution in [-0.4, -0.2) is 23.2 Å². The molecule has 20 heavy (non-hydrogen) atoms. The van der Waals surface area contributed by atoms with Crippen LogP contribution in [0.3, 0.4) is 0 Å². The molecule has 4 fully saturated rings. The van der Waals surface area contributed by atoms with Crippen molar-refractivity contribution in [2.24, 2.45) is 35.5 Å². The molecule has 4 atom stereocenters. The summed E-state index contributed by atoms with van der Waals surface area (Å²) in [6.07, 6.45) is 7.97. The number of nitrogens with one attached hydrogen (secondary N) is 1. The molecule has 0 radical (unpaired) electrons. The third-order valence-corrected chi connectivity index (χ3v) is 6.83. The molecule has 3 heteroatoms. The van der Waals surface area contributed by atoms with Crippen molar-refractivity contribution in [3.8, 4) is 0 Å². The molecule has 4 saturated carbocycles. The van der Waals surface area contributed by atoms with E-state index < -0.39 is 5.60 Å². The lowest BCUT2D eigenvalue weighted by molar-refractivity contribution is -0.125. The zero-order valence-corrected chi connectivity index (χ0v) is 12.5. The number of fused-ring (bicyclic) bond motifs is 5. The lowest BCUT2D eigenvalue weighted by atomic mass is 9.79. The largest absolute Gasteiger partial charge is 0.388 e. The Kier molecular flexibility index (Phi) is 2.93. The van der Waals surface area contributed by atoms with Gasteiger partial charge in [-0.05, 0) is 74.5 Å². The molecule has 4 unspecified atom stereocenters. The predicted octanol–water partition coefficient (Wildman–Crippen LogP) is 2.34. The van der Waals surface area contributed by atoms with Crippen molar-refractivity contribution in [3.05, 3.63) is 0 Å². The zero-order chi connectivity index (χ0) is 13.9. The van der Waals surface area contributed by atoms with Crippen LogP contribution in [0.2, 0.25) is 0 Å². The summed E-state index contributed by atoms with van der Waals surface area (Å²) in [4.78, 5) is 12.4. The fraction of sp³-hybridized carbons (Fsp3) is 0.941. The Bertz CT molecular complexity index is 397. The van der Waals surface area contributed by atoms with Gasteiger partial charge in [0, 0.05) is 12.5 Å². The minimum Gasteiger partial charge on any atom is -0.388 e. The minimum absolute atomic E-state index is 0.239. The molecule has 4 rings (SSSR count).